The van der Waals surface area contributed by atoms with Crippen molar-refractivity contribution < 1.29 is 9.18 Å². The van der Waals surface area contributed by atoms with Gasteiger partial charge in [-0.05, 0) is 24.7 Å². The summed E-state index contributed by atoms with van der Waals surface area (Å²) in [5.74, 6) is 0.416. The van der Waals surface area contributed by atoms with Gasteiger partial charge in [0, 0.05) is 38.3 Å². The average Bonchev–Trinajstić information content (AvgIpc) is 3.10. The Bertz CT molecular complexity index is 802. The molecule has 0 aromatic carbocycles. The molecule has 1 aliphatic carbocycles. The third-order valence-electron chi connectivity index (χ3n) is 4.94. The van der Waals surface area contributed by atoms with Crippen LogP contribution in [0.5, 0.6) is 0 Å². The molecule has 0 radical (unpaired) electrons. The Morgan fingerprint density at radius 2 is 2.08 bits per heavy atom. The van der Waals surface area contributed by atoms with E-state index in [0.717, 1.165) is 31.1 Å². The van der Waals surface area contributed by atoms with Crippen LogP contribution in [0.25, 0.3) is 10.6 Å². The summed E-state index contributed by atoms with van der Waals surface area (Å²) in [5, 5.41) is 12.8. The topological polar surface area (TPSA) is 71.0 Å². The van der Waals surface area contributed by atoms with E-state index in [0.29, 0.717) is 22.4 Å². The van der Waals surface area contributed by atoms with Gasteiger partial charge in [0.25, 0.3) is 0 Å². The van der Waals surface area contributed by atoms with Gasteiger partial charge in [0.05, 0.1) is 5.56 Å². The number of pyridine rings is 1. The normalized spacial score (nSPS) is 25.2. The van der Waals surface area contributed by atoms with Crippen LogP contribution in [-0.4, -0.2) is 40.2 Å². The van der Waals surface area contributed by atoms with Crippen molar-refractivity contribution in [2.24, 2.45) is 11.8 Å². The molecule has 2 aromatic rings. The number of hydrogen-bond donors (Lipinski definition) is 1. The van der Waals surface area contributed by atoms with Gasteiger partial charge in [-0.1, -0.05) is 22.9 Å². The van der Waals surface area contributed by atoms with Crippen LogP contribution in [0.4, 0.5) is 9.52 Å². The molecule has 2 atom stereocenters. The monoisotopic (exact) mass is 381 g/mol. The van der Waals surface area contributed by atoms with Crippen molar-refractivity contribution in [2.45, 2.75) is 25.8 Å². The Morgan fingerprint density at radius 3 is 2.72 bits per heavy atom. The molecular weight excluding hydrogens is 365 g/mol. The quantitative estimate of drug-likeness (QED) is 0.828. The van der Waals surface area contributed by atoms with E-state index < -0.39 is 5.82 Å². The fraction of sp³-hybridized carbons (Fsp3) is 0.500. The number of aromatic nitrogens is 3. The second kappa shape index (κ2) is 6.49. The predicted molar refractivity (Wildman–Crippen MR) is 94.1 cm³/mol. The van der Waals surface area contributed by atoms with E-state index in [-0.39, 0.29) is 17.1 Å². The highest BCUT2D eigenvalue weighted by Crippen LogP contribution is 2.40. The van der Waals surface area contributed by atoms with Crippen molar-refractivity contribution in [1.82, 2.24) is 20.5 Å². The number of anilines is 1. The summed E-state index contributed by atoms with van der Waals surface area (Å²) in [5.41, 5.74) is 0.309. The van der Waals surface area contributed by atoms with Gasteiger partial charge in [-0.2, -0.15) is 0 Å². The van der Waals surface area contributed by atoms with Gasteiger partial charge < -0.3 is 10.2 Å². The highest BCUT2D eigenvalue weighted by atomic mass is 35.5. The van der Waals surface area contributed by atoms with Gasteiger partial charge >= 0.3 is 0 Å². The van der Waals surface area contributed by atoms with Crippen molar-refractivity contribution >= 4 is 34.0 Å². The molecule has 2 bridgehead atoms. The molecule has 6 nitrogen and oxygen atoms in total. The largest absolute Gasteiger partial charge is 0.353 e. The minimum atomic E-state index is -0.452. The smallest absolute Gasteiger partial charge is 0.217 e. The molecule has 1 amide bonds. The highest BCUT2D eigenvalue weighted by Gasteiger charge is 2.43. The van der Waals surface area contributed by atoms with E-state index in [1.165, 1.54) is 23.6 Å². The van der Waals surface area contributed by atoms with Crippen molar-refractivity contribution in [2.75, 3.05) is 18.0 Å². The molecule has 1 aliphatic heterocycles. The minimum Gasteiger partial charge on any atom is -0.353 e. The fourth-order valence-corrected chi connectivity index (χ4v) is 4.89. The molecule has 1 saturated carbocycles. The Hall–Kier alpha value is -1.80. The number of halogens is 2. The second-order valence-electron chi connectivity index (χ2n) is 6.61. The number of carbonyl (C=O) groups excluding carboxylic acids is 1. The van der Waals surface area contributed by atoms with Crippen LogP contribution in [0, 0.1) is 17.7 Å². The maximum atomic E-state index is 14.1. The maximum Gasteiger partial charge on any atom is 0.217 e. The number of nitrogens with one attached hydrogen (secondary N) is 1. The number of nitrogens with zero attached hydrogens (tertiary/aromatic N) is 4. The zero-order chi connectivity index (χ0) is 17.6. The molecule has 2 fully saturated rings. The summed E-state index contributed by atoms with van der Waals surface area (Å²) >= 11 is 7.05. The van der Waals surface area contributed by atoms with E-state index in [2.05, 4.69) is 25.4 Å². The van der Waals surface area contributed by atoms with Gasteiger partial charge in [0.15, 0.2) is 5.01 Å². The van der Waals surface area contributed by atoms with Crippen molar-refractivity contribution in [3.63, 3.8) is 0 Å². The summed E-state index contributed by atoms with van der Waals surface area (Å²) in [6.07, 6.45) is 3.59. The van der Waals surface area contributed by atoms with Crippen LogP contribution >= 0.6 is 22.9 Å². The van der Waals surface area contributed by atoms with Crippen molar-refractivity contribution in [3.05, 3.63) is 23.2 Å². The molecule has 25 heavy (non-hydrogen) atoms. The molecule has 4 rings (SSSR count). The number of hydrogen-bond acceptors (Lipinski definition) is 6. The molecular formula is C16H17ClFN5OS. The second-order valence-corrected chi connectivity index (χ2v) is 7.95. The number of rotatable bonds is 3. The SMILES string of the molecule is CC(=O)NC1C2CCC1CN(c1nnc(-c3cnc(Cl)cc3F)s1)C2. The first-order chi connectivity index (χ1) is 12.0. The summed E-state index contributed by atoms with van der Waals surface area (Å²) in [6.45, 7) is 3.23. The average molecular weight is 382 g/mol. The summed E-state index contributed by atoms with van der Waals surface area (Å²) in [4.78, 5) is 17.5. The van der Waals surface area contributed by atoms with Crippen LogP contribution in [-0.2, 0) is 4.79 Å². The highest BCUT2D eigenvalue weighted by molar-refractivity contribution is 7.18. The lowest BCUT2D eigenvalue weighted by Gasteiger charge is -2.37. The third-order valence-corrected chi connectivity index (χ3v) is 6.16. The first kappa shape index (κ1) is 16.7. The summed E-state index contributed by atoms with van der Waals surface area (Å²) < 4.78 is 14.1. The molecule has 1 saturated heterocycles. The Kier molecular flexibility index (Phi) is 4.33. The lowest BCUT2D eigenvalue weighted by atomic mass is 9.92. The van der Waals surface area contributed by atoms with Crippen LogP contribution in [0.3, 0.4) is 0 Å². The van der Waals surface area contributed by atoms with Crippen LogP contribution in [0.1, 0.15) is 19.8 Å². The van der Waals surface area contributed by atoms with Crippen LogP contribution in [0.15, 0.2) is 12.3 Å². The van der Waals surface area contributed by atoms with E-state index in [1.807, 2.05) is 0 Å². The molecule has 0 spiro atoms. The number of amides is 1. The van der Waals surface area contributed by atoms with Crippen molar-refractivity contribution in [3.8, 4) is 10.6 Å². The maximum absolute atomic E-state index is 14.1. The van der Waals surface area contributed by atoms with Crippen LogP contribution in [0.2, 0.25) is 5.15 Å². The molecule has 3 heterocycles. The molecule has 2 unspecified atom stereocenters. The summed E-state index contributed by atoms with van der Waals surface area (Å²) in [6, 6.07) is 1.43. The van der Waals surface area contributed by atoms with E-state index in [4.69, 9.17) is 11.6 Å². The van der Waals surface area contributed by atoms with Gasteiger partial charge in [-0.25, -0.2) is 9.37 Å². The summed E-state index contributed by atoms with van der Waals surface area (Å²) in [7, 11) is 0. The molecule has 2 aromatic heterocycles. The van der Waals surface area contributed by atoms with Crippen molar-refractivity contribution in [1.29, 1.82) is 0 Å². The fourth-order valence-electron chi connectivity index (χ4n) is 3.87. The van der Waals surface area contributed by atoms with Gasteiger partial charge in [-0.15, -0.1) is 10.2 Å². The lowest BCUT2D eigenvalue weighted by Crippen LogP contribution is -2.52. The zero-order valence-corrected chi connectivity index (χ0v) is 15.1. The van der Waals surface area contributed by atoms with Gasteiger partial charge in [0.1, 0.15) is 11.0 Å². The molecule has 1 N–H and O–H groups in total. The van der Waals surface area contributed by atoms with E-state index in [9.17, 15) is 9.18 Å². The Morgan fingerprint density at radius 1 is 1.36 bits per heavy atom. The van der Waals surface area contributed by atoms with Gasteiger partial charge in [-0.3, -0.25) is 4.79 Å². The Balaban J connectivity index is 1.53. The first-order valence-electron chi connectivity index (χ1n) is 8.18. The van der Waals surface area contributed by atoms with Gasteiger partial charge in [0.2, 0.25) is 11.0 Å². The molecule has 2 aliphatic rings. The molecule has 132 valence electrons. The standard InChI is InChI=1S/C16H17ClFN5OS/c1-8(24)20-14-9-2-3-10(14)7-23(6-9)16-22-21-15(25-16)11-5-19-13(17)4-12(11)18/h4-5,9-10,14H,2-3,6-7H2,1H3,(H,20,24). The zero-order valence-electron chi connectivity index (χ0n) is 13.6. The first-order valence-corrected chi connectivity index (χ1v) is 9.37. The van der Waals surface area contributed by atoms with E-state index in [1.54, 1.807) is 6.92 Å². The van der Waals surface area contributed by atoms with E-state index >= 15 is 0 Å². The number of carbonyl (C=O) groups is 1. The number of fused-ring (bicyclic) bond motifs is 2. The minimum absolute atomic E-state index is 0.0271. The van der Waals surface area contributed by atoms with Crippen LogP contribution < -0.4 is 10.2 Å². The third kappa shape index (κ3) is 3.20. The number of piperidine rings is 1. The Labute approximate surface area is 153 Å². The molecule has 9 heteroatoms. The predicted octanol–water partition coefficient (Wildman–Crippen LogP) is 2.74. The lowest BCUT2D eigenvalue weighted by molar-refractivity contribution is -0.120.